The van der Waals surface area contributed by atoms with Crippen molar-refractivity contribution >= 4 is 5.91 Å². The summed E-state index contributed by atoms with van der Waals surface area (Å²) < 4.78 is 10.5. The number of hydrogen-bond donors (Lipinski definition) is 1. The minimum atomic E-state index is -0.828. The molecule has 1 fully saturated rings. The molecule has 5 heteroatoms. The molecule has 5 nitrogen and oxygen atoms in total. The van der Waals surface area contributed by atoms with Gasteiger partial charge in [-0.2, -0.15) is 0 Å². The zero-order chi connectivity index (χ0) is 13.8. The summed E-state index contributed by atoms with van der Waals surface area (Å²) >= 11 is 0. The van der Waals surface area contributed by atoms with E-state index in [1.54, 1.807) is 26.0 Å². The van der Waals surface area contributed by atoms with Gasteiger partial charge in [0.2, 0.25) is 0 Å². The average molecular weight is 259 g/mol. The van der Waals surface area contributed by atoms with Crippen LogP contribution < -0.4 is 0 Å². The van der Waals surface area contributed by atoms with Crippen molar-refractivity contribution in [3.05, 3.63) is 0 Å². The quantitative estimate of drug-likeness (QED) is 0.793. The number of carbonyl (C=O) groups is 1. The molecule has 1 rings (SSSR count). The van der Waals surface area contributed by atoms with Crippen LogP contribution in [0.2, 0.25) is 0 Å². The van der Waals surface area contributed by atoms with E-state index >= 15 is 0 Å². The number of nitrogens with zero attached hydrogens (tertiary/aromatic N) is 1. The summed E-state index contributed by atoms with van der Waals surface area (Å²) in [5.41, 5.74) is -1.64. The van der Waals surface area contributed by atoms with Crippen molar-refractivity contribution in [3.8, 4) is 0 Å². The number of hydrogen-bond acceptors (Lipinski definition) is 4. The fourth-order valence-electron chi connectivity index (χ4n) is 2.21. The van der Waals surface area contributed by atoms with Crippen molar-refractivity contribution in [1.29, 1.82) is 0 Å². The van der Waals surface area contributed by atoms with Crippen LogP contribution in [-0.4, -0.2) is 61.0 Å². The third kappa shape index (κ3) is 3.43. The van der Waals surface area contributed by atoms with Crippen molar-refractivity contribution in [2.75, 3.05) is 33.9 Å². The molecule has 0 saturated carbocycles. The van der Waals surface area contributed by atoms with Crippen LogP contribution in [0.1, 0.15) is 33.1 Å². The van der Waals surface area contributed by atoms with Crippen LogP contribution in [0.15, 0.2) is 0 Å². The SMILES string of the molecule is CCC(C)(OC)C(=O)N(C)CC1(O)CCOCC1. The first-order chi connectivity index (χ1) is 8.37. The van der Waals surface area contributed by atoms with Gasteiger partial charge < -0.3 is 19.5 Å². The highest BCUT2D eigenvalue weighted by molar-refractivity contribution is 5.84. The van der Waals surface area contributed by atoms with Gasteiger partial charge in [-0.1, -0.05) is 6.92 Å². The largest absolute Gasteiger partial charge is 0.388 e. The molecule has 18 heavy (non-hydrogen) atoms. The number of rotatable bonds is 5. The van der Waals surface area contributed by atoms with Crippen LogP contribution in [0, 0.1) is 0 Å². The smallest absolute Gasteiger partial charge is 0.254 e. The van der Waals surface area contributed by atoms with E-state index in [9.17, 15) is 9.90 Å². The maximum absolute atomic E-state index is 12.3. The van der Waals surface area contributed by atoms with E-state index in [1.807, 2.05) is 6.92 Å². The lowest BCUT2D eigenvalue weighted by molar-refractivity contribution is -0.157. The third-order valence-corrected chi connectivity index (χ3v) is 3.88. The van der Waals surface area contributed by atoms with Gasteiger partial charge in [-0.05, 0) is 13.3 Å². The van der Waals surface area contributed by atoms with Gasteiger partial charge in [0.15, 0.2) is 0 Å². The standard InChI is InChI=1S/C13H25NO4/c1-5-12(2,17-4)11(15)14(3)10-13(16)6-8-18-9-7-13/h16H,5-10H2,1-4H3. The van der Waals surface area contributed by atoms with Gasteiger partial charge in [0.25, 0.3) is 5.91 Å². The Bertz CT molecular complexity index is 283. The molecule has 106 valence electrons. The monoisotopic (exact) mass is 259 g/mol. The molecule has 0 bridgehead atoms. The fraction of sp³-hybridized carbons (Fsp3) is 0.923. The summed E-state index contributed by atoms with van der Waals surface area (Å²) in [6.45, 7) is 5.12. The highest BCUT2D eigenvalue weighted by Gasteiger charge is 2.38. The van der Waals surface area contributed by atoms with Crippen molar-refractivity contribution in [2.45, 2.75) is 44.3 Å². The number of amides is 1. The molecule has 0 radical (unpaired) electrons. The molecular formula is C13H25NO4. The Morgan fingerprint density at radius 3 is 2.50 bits per heavy atom. The highest BCUT2D eigenvalue weighted by Crippen LogP contribution is 2.24. The van der Waals surface area contributed by atoms with Crippen molar-refractivity contribution < 1.29 is 19.4 Å². The Labute approximate surface area is 109 Å². The Kier molecular flexibility index (Phi) is 5.13. The number of carbonyl (C=O) groups excluding carboxylic acids is 1. The van der Waals surface area contributed by atoms with E-state index in [2.05, 4.69) is 0 Å². The predicted octanol–water partition coefficient (Wildman–Crippen LogP) is 0.801. The molecule has 1 N–H and O–H groups in total. The van der Waals surface area contributed by atoms with Gasteiger partial charge in [0, 0.05) is 46.8 Å². The first-order valence-corrected chi connectivity index (χ1v) is 6.48. The normalized spacial score (nSPS) is 22.3. The summed E-state index contributed by atoms with van der Waals surface area (Å²) in [4.78, 5) is 13.9. The maximum Gasteiger partial charge on any atom is 0.254 e. The summed E-state index contributed by atoms with van der Waals surface area (Å²) in [5, 5.41) is 10.4. The van der Waals surface area contributed by atoms with Gasteiger partial charge >= 0.3 is 0 Å². The van der Waals surface area contributed by atoms with E-state index in [4.69, 9.17) is 9.47 Å². The summed E-state index contributed by atoms with van der Waals surface area (Å²) in [5.74, 6) is -0.0904. The van der Waals surface area contributed by atoms with Crippen LogP contribution in [0.5, 0.6) is 0 Å². The highest BCUT2D eigenvalue weighted by atomic mass is 16.5. The third-order valence-electron chi connectivity index (χ3n) is 3.88. The summed E-state index contributed by atoms with van der Waals surface area (Å²) in [6.07, 6.45) is 1.75. The maximum atomic E-state index is 12.3. The first kappa shape index (κ1) is 15.4. The topological polar surface area (TPSA) is 59.0 Å². The van der Waals surface area contributed by atoms with E-state index < -0.39 is 11.2 Å². The van der Waals surface area contributed by atoms with Crippen molar-refractivity contribution in [1.82, 2.24) is 4.90 Å². The van der Waals surface area contributed by atoms with E-state index in [0.29, 0.717) is 39.0 Å². The molecule has 1 aliphatic rings. The molecule has 0 aromatic rings. The van der Waals surface area contributed by atoms with Crippen LogP contribution >= 0.6 is 0 Å². The molecule has 1 aliphatic heterocycles. The molecule has 1 saturated heterocycles. The number of aliphatic hydroxyl groups is 1. The molecular weight excluding hydrogens is 234 g/mol. The molecule has 1 amide bonds. The molecule has 0 aromatic heterocycles. The zero-order valence-corrected chi connectivity index (χ0v) is 11.9. The van der Waals surface area contributed by atoms with Gasteiger partial charge in [-0.15, -0.1) is 0 Å². The van der Waals surface area contributed by atoms with E-state index in [0.717, 1.165) is 0 Å². The summed E-state index contributed by atoms with van der Waals surface area (Å²) in [7, 11) is 3.25. The van der Waals surface area contributed by atoms with Crippen LogP contribution in [0.3, 0.4) is 0 Å². The lowest BCUT2D eigenvalue weighted by atomic mass is 9.93. The Morgan fingerprint density at radius 2 is 2.06 bits per heavy atom. The second-order valence-electron chi connectivity index (χ2n) is 5.29. The van der Waals surface area contributed by atoms with Crippen molar-refractivity contribution in [2.24, 2.45) is 0 Å². The molecule has 1 unspecified atom stereocenters. The minimum Gasteiger partial charge on any atom is -0.388 e. The Balaban J connectivity index is 2.64. The van der Waals surface area contributed by atoms with Crippen LogP contribution in [-0.2, 0) is 14.3 Å². The van der Waals surface area contributed by atoms with Gasteiger partial charge in [-0.25, -0.2) is 0 Å². The molecule has 0 spiro atoms. The minimum absolute atomic E-state index is 0.0904. The summed E-state index contributed by atoms with van der Waals surface area (Å²) in [6, 6.07) is 0. The zero-order valence-electron chi connectivity index (χ0n) is 11.9. The van der Waals surface area contributed by atoms with Gasteiger partial charge in [-0.3, -0.25) is 4.79 Å². The molecule has 1 atom stereocenters. The van der Waals surface area contributed by atoms with Gasteiger partial charge in [0.05, 0.1) is 5.60 Å². The molecule has 1 heterocycles. The average Bonchev–Trinajstić information content (AvgIpc) is 2.37. The first-order valence-electron chi connectivity index (χ1n) is 6.48. The van der Waals surface area contributed by atoms with E-state index in [-0.39, 0.29) is 5.91 Å². The van der Waals surface area contributed by atoms with Gasteiger partial charge in [0.1, 0.15) is 5.60 Å². The van der Waals surface area contributed by atoms with Crippen LogP contribution in [0.4, 0.5) is 0 Å². The number of ether oxygens (including phenoxy) is 2. The lowest BCUT2D eigenvalue weighted by Gasteiger charge is -2.38. The predicted molar refractivity (Wildman–Crippen MR) is 68.3 cm³/mol. The molecule has 0 aromatic carbocycles. The van der Waals surface area contributed by atoms with E-state index in [1.165, 1.54) is 0 Å². The second-order valence-corrected chi connectivity index (χ2v) is 5.29. The fourth-order valence-corrected chi connectivity index (χ4v) is 2.21. The Hall–Kier alpha value is -0.650. The van der Waals surface area contributed by atoms with Crippen molar-refractivity contribution in [3.63, 3.8) is 0 Å². The Morgan fingerprint density at radius 1 is 1.50 bits per heavy atom. The second kappa shape index (κ2) is 5.99. The lowest BCUT2D eigenvalue weighted by Crippen LogP contribution is -2.53. The van der Waals surface area contributed by atoms with Crippen LogP contribution in [0.25, 0.3) is 0 Å². The number of methoxy groups -OCH3 is 1. The number of likely N-dealkylation sites (N-methyl/N-ethyl adjacent to an activating group) is 1. The molecule has 0 aliphatic carbocycles.